The van der Waals surface area contributed by atoms with Gasteiger partial charge in [-0.1, -0.05) is 0 Å². The van der Waals surface area contributed by atoms with E-state index in [9.17, 15) is 9.36 Å². The third-order valence-electron chi connectivity index (χ3n) is 1.12. The van der Waals surface area contributed by atoms with Crippen LogP contribution in [0, 0.1) is 0 Å². The minimum Gasteiger partial charge on any atom is -0.312 e. The van der Waals surface area contributed by atoms with E-state index in [0.29, 0.717) is 12.9 Å². The van der Waals surface area contributed by atoms with Crippen molar-refractivity contribution in [3.8, 4) is 0 Å². The monoisotopic (exact) mass is 180 g/mol. The molecule has 66 valence electrons. The van der Waals surface area contributed by atoms with E-state index in [1.165, 1.54) is 7.11 Å². The molecule has 4 nitrogen and oxygen atoms in total. The molecule has 0 saturated heterocycles. The van der Waals surface area contributed by atoms with Crippen LogP contribution in [0.1, 0.15) is 13.3 Å². The van der Waals surface area contributed by atoms with Crippen LogP contribution in [0.25, 0.3) is 0 Å². The number of aldehydes is 1. The summed E-state index contributed by atoms with van der Waals surface area (Å²) >= 11 is 0. The Morgan fingerprint density at radius 2 is 2.18 bits per heavy atom. The average Bonchev–Trinajstić information content (AvgIpc) is 2.02. The Labute approximate surface area is 66.4 Å². The van der Waals surface area contributed by atoms with E-state index in [1.54, 1.807) is 6.92 Å². The second kappa shape index (κ2) is 5.47. The molecule has 0 rings (SSSR count). The van der Waals surface area contributed by atoms with Crippen molar-refractivity contribution in [2.24, 2.45) is 0 Å². The third kappa shape index (κ3) is 4.30. The van der Waals surface area contributed by atoms with Gasteiger partial charge in [-0.3, -0.25) is 4.57 Å². The number of carbonyl (C=O) groups excluding carboxylic acids is 1. The van der Waals surface area contributed by atoms with Gasteiger partial charge in [-0.15, -0.1) is 0 Å². The maximum Gasteiger partial charge on any atom is 0.330 e. The molecule has 11 heavy (non-hydrogen) atoms. The molecular weight excluding hydrogens is 167 g/mol. The minimum absolute atomic E-state index is 0.167. The van der Waals surface area contributed by atoms with Crippen molar-refractivity contribution < 1.29 is 18.4 Å². The molecule has 0 aromatic heterocycles. The van der Waals surface area contributed by atoms with Crippen molar-refractivity contribution in [1.82, 2.24) is 0 Å². The van der Waals surface area contributed by atoms with E-state index in [2.05, 4.69) is 4.52 Å². The van der Waals surface area contributed by atoms with Gasteiger partial charge in [0.05, 0.1) is 12.8 Å². The SMILES string of the molecule is CCOP(=O)(CCC=O)OC. The summed E-state index contributed by atoms with van der Waals surface area (Å²) in [6, 6.07) is 0. The first-order chi connectivity index (χ1) is 5.18. The van der Waals surface area contributed by atoms with E-state index < -0.39 is 7.60 Å². The first-order valence-corrected chi connectivity index (χ1v) is 5.14. The van der Waals surface area contributed by atoms with Crippen molar-refractivity contribution in [2.45, 2.75) is 13.3 Å². The molecule has 0 bridgehead atoms. The second-order valence-corrected chi connectivity index (χ2v) is 4.18. The highest BCUT2D eigenvalue weighted by atomic mass is 31.2. The molecule has 0 amide bonds. The van der Waals surface area contributed by atoms with E-state index >= 15 is 0 Å². The van der Waals surface area contributed by atoms with Crippen molar-refractivity contribution >= 4 is 13.9 Å². The molecule has 0 fully saturated rings. The van der Waals surface area contributed by atoms with Gasteiger partial charge in [0.25, 0.3) is 0 Å². The summed E-state index contributed by atoms with van der Waals surface area (Å²) < 4.78 is 20.8. The van der Waals surface area contributed by atoms with Gasteiger partial charge in [0, 0.05) is 13.5 Å². The summed E-state index contributed by atoms with van der Waals surface area (Å²) in [5.74, 6) is 0. The van der Waals surface area contributed by atoms with Crippen LogP contribution in [0.5, 0.6) is 0 Å². The molecule has 0 aliphatic carbocycles. The summed E-state index contributed by atoms with van der Waals surface area (Å²) in [4.78, 5) is 9.94. The largest absolute Gasteiger partial charge is 0.330 e. The predicted octanol–water partition coefficient (Wildman–Crippen LogP) is 1.45. The molecular formula is C6H13O4P. The maximum absolute atomic E-state index is 11.3. The van der Waals surface area contributed by atoms with Gasteiger partial charge >= 0.3 is 7.60 Å². The Hall–Kier alpha value is -0.180. The predicted molar refractivity (Wildman–Crippen MR) is 41.8 cm³/mol. The Balaban J connectivity index is 3.88. The molecule has 5 heteroatoms. The van der Waals surface area contributed by atoms with Crippen LogP contribution in [0.2, 0.25) is 0 Å². The topological polar surface area (TPSA) is 52.6 Å². The Bertz CT molecular complexity index is 157. The lowest BCUT2D eigenvalue weighted by Gasteiger charge is -2.12. The summed E-state index contributed by atoms with van der Waals surface area (Å²) in [6.45, 7) is 2.07. The van der Waals surface area contributed by atoms with Crippen LogP contribution >= 0.6 is 7.60 Å². The molecule has 0 aliphatic rings. The molecule has 0 N–H and O–H groups in total. The van der Waals surface area contributed by atoms with E-state index in [1.807, 2.05) is 0 Å². The lowest BCUT2D eigenvalue weighted by Crippen LogP contribution is -1.97. The Morgan fingerprint density at radius 3 is 2.55 bits per heavy atom. The van der Waals surface area contributed by atoms with E-state index in [-0.39, 0.29) is 12.6 Å². The van der Waals surface area contributed by atoms with Crippen LogP contribution in [-0.4, -0.2) is 26.2 Å². The highest BCUT2D eigenvalue weighted by molar-refractivity contribution is 7.53. The zero-order valence-corrected chi connectivity index (χ0v) is 7.67. The first-order valence-electron chi connectivity index (χ1n) is 3.41. The maximum atomic E-state index is 11.3. The van der Waals surface area contributed by atoms with Crippen molar-refractivity contribution in [1.29, 1.82) is 0 Å². The van der Waals surface area contributed by atoms with Crippen LogP contribution in [0.3, 0.4) is 0 Å². The molecule has 1 unspecified atom stereocenters. The van der Waals surface area contributed by atoms with Gasteiger partial charge in [0.15, 0.2) is 0 Å². The van der Waals surface area contributed by atoms with Crippen LogP contribution in [0.15, 0.2) is 0 Å². The summed E-state index contributed by atoms with van der Waals surface area (Å²) in [6.07, 6.45) is 1.08. The zero-order chi connectivity index (χ0) is 8.74. The lowest BCUT2D eigenvalue weighted by molar-refractivity contribution is -0.107. The molecule has 0 saturated carbocycles. The zero-order valence-electron chi connectivity index (χ0n) is 6.78. The van der Waals surface area contributed by atoms with Crippen LogP contribution in [-0.2, 0) is 18.4 Å². The minimum atomic E-state index is -2.95. The first kappa shape index (κ1) is 10.8. The smallest absolute Gasteiger partial charge is 0.312 e. The lowest BCUT2D eigenvalue weighted by atomic mass is 10.6. The van der Waals surface area contributed by atoms with E-state index in [4.69, 9.17) is 4.52 Å². The van der Waals surface area contributed by atoms with Crippen LogP contribution in [0.4, 0.5) is 0 Å². The summed E-state index contributed by atoms with van der Waals surface area (Å²) in [7, 11) is -1.63. The Morgan fingerprint density at radius 1 is 1.55 bits per heavy atom. The van der Waals surface area contributed by atoms with Gasteiger partial charge in [-0.25, -0.2) is 0 Å². The highest BCUT2D eigenvalue weighted by Gasteiger charge is 2.20. The number of rotatable bonds is 6. The van der Waals surface area contributed by atoms with Crippen LogP contribution < -0.4 is 0 Å². The standard InChI is InChI=1S/C6H13O4P/c1-3-10-11(8,9-2)6-4-5-7/h5H,3-4,6H2,1-2H3. The molecule has 1 atom stereocenters. The average molecular weight is 180 g/mol. The number of carbonyl (C=O) groups is 1. The van der Waals surface area contributed by atoms with Gasteiger partial charge < -0.3 is 13.8 Å². The number of hydrogen-bond donors (Lipinski definition) is 0. The van der Waals surface area contributed by atoms with Gasteiger partial charge in [-0.05, 0) is 6.92 Å². The van der Waals surface area contributed by atoms with Crippen molar-refractivity contribution in [3.63, 3.8) is 0 Å². The van der Waals surface area contributed by atoms with Crippen molar-refractivity contribution in [2.75, 3.05) is 19.9 Å². The van der Waals surface area contributed by atoms with Gasteiger partial charge in [0.1, 0.15) is 6.29 Å². The molecule has 0 heterocycles. The summed E-state index contributed by atoms with van der Waals surface area (Å²) in [5, 5.41) is 0. The molecule has 0 aromatic carbocycles. The van der Waals surface area contributed by atoms with E-state index in [0.717, 1.165) is 0 Å². The quantitative estimate of drug-likeness (QED) is 0.458. The molecule has 0 aliphatic heterocycles. The fraction of sp³-hybridized carbons (Fsp3) is 0.833. The molecule has 0 radical (unpaired) electrons. The molecule has 0 spiro atoms. The van der Waals surface area contributed by atoms with Gasteiger partial charge in [-0.2, -0.15) is 0 Å². The fourth-order valence-electron chi connectivity index (χ4n) is 0.616. The van der Waals surface area contributed by atoms with Gasteiger partial charge in [0.2, 0.25) is 0 Å². The van der Waals surface area contributed by atoms with Crippen molar-refractivity contribution in [3.05, 3.63) is 0 Å². The summed E-state index contributed by atoms with van der Waals surface area (Å²) in [5.41, 5.74) is 0. The third-order valence-corrected chi connectivity index (χ3v) is 3.14. The highest BCUT2D eigenvalue weighted by Crippen LogP contribution is 2.47. The normalized spacial score (nSPS) is 15.8. The fourth-order valence-corrected chi connectivity index (χ4v) is 1.85. The number of hydrogen-bond acceptors (Lipinski definition) is 4. The molecule has 0 aromatic rings. The Kier molecular flexibility index (Phi) is 5.38. The second-order valence-electron chi connectivity index (χ2n) is 1.89.